The molecule has 0 spiro atoms. The van der Waals surface area contributed by atoms with E-state index >= 15 is 0 Å². The van der Waals surface area contributed by atoms with Crippen LogP contribution in [0.15, 0.2) is 30.3 Å². The Labute approximate surface area is 109 Å². The molecule has 0 aliphatic rings. The lowest BCUT2D eigenvalue weighted by molar-refractivity contribution is -0.130. The van der Waals surface area contributed by atoms with Gasteiger partial charge in [0.1, 0.15) is 0 Å². The number of likely N-dealkylation sites (N-methyl/N-ethyl adjacent to an activating group) is 2. The van der Waals surface area contributed by atoms with Crippen molar-refractivity contribution in [1.82, 2.24) is 9.80 Å². The smallest absolute Gasteiger partial charge is 0.236 e. The molecule has 0 unspecified atom stereocenters. The first-order chi connectivity index (χ1) is 8.63. The molecule has 18 heavy (non-hydrogen) atoms. The van der Waals surface area contributed by atoms with E-state index in [2.05, 4.69) is 12.1 Å². The normalized spacial score (nSPS) is 10.7. The van der Waals surface area contributed by atoms with Crippen LogP contribution < -0.4 is 5.73 Å². The van der Waals surface area contributed by atoms with Crippen LogP contribution in [0.1, 0.15) is 12.0 Å². The summed E-state index contributed by atoms with van der Waals surface area (Å²) < 4.78 is 0. The van der Waals surface area contributed by atoms with Gasteiger partial charge in [0.2, 0.25) is 5.91 Å². The molecule has 0 atom stereocenters. The second-order valence-corrected chi connectivity index (χ2v) is 4.62. The number of hydrogen-bond donors (Lipinski definition) is 1. The Morgan fingerprint density at radius 2 is 1.89 bits per heavy atom. The molecule has 100 valence electrons. The van der Waals surface area contributed by atoms with Crippen molar-refractivity contribution in [3.05, 3.63) is 35.9 Å². The molecule has 1 amide bonds. The minimum Gasteiger partial charge on any atom is -0.345 e. The number of carbonyl (C=O) groups is 1. The van der Waals surface area contributed by atoms with Crippen LogP contribution in [0.3, 0.4) is 0 Å². The zero-order valence-corrected chi connectivity index (χ0v) is 11.3. The fraction of sp³-hybridized carbons (Fsp3) is 0.500. The fourth-order valence-corrected chi connectivity index (χ4v) is 1.76. The van der Waals surface area contributed by atoms with Gasteiger partial charge in [-0.25, -0.2) is 0 Å². The number of carbonyl (C=O) groups excluding carboxylic acids is 1. The van der Waals surface area contributed by atoms with Crippen molar-refractivity contribution in [1.29, 1.82) is 0 Å². The standard InChI is InChI=1S/C14H23N3O/c1-16(11-13-7-4-3-5-8-13)12-14(18)17(2)10-6-9-15/h3-5,7-8H,6,9-12,15H2,1-2H3. The van der Waals surface area contributed by atoms with E-state index < -0.39 is 0 Å². The van der Waals surface area contributed by atoms with E-state index in [9.17, 15) is 4.79 Å². The number of nitrogens with two attached hydrogens (primary N) is 1. The molecule has 1 aromatic carbocycles. The molecule has 0 aliphatic heterocycles. The number of nitrogens with zero attached hydrogens (tertiary/aromatic N) is 2. The van der Waals surface area contributed by atoms with E-state index in [-0.39, 0.29) is 5.91 Å². The van der Waals surface area contributed by atoms with Crippen LogP contribution >= 0.6 is 0 Å². The average Bonchev–Trinajstić information content (AvgIpc) is 2.36. The highest BCUT2D eigenvalue weighted by Gasteiger charge is 2.11. The summed E-state index contributed by atoms with van der Waals surface area (Å²) in [5.41, 5.74) is 6.65. The first-order valence-corrected chi connectivity index (χ1v) is 6.30. The summed E-state index contributed by atoms with van der Waals surface area (Å²) in [7, 11) is 3.79. The molecular formula is C14H23N3O. The van der Waals surface area contributed by atoms with Crippen molar-refractivity contribution >= 4 is 5.91 Å². The lowest BCUT2D eigenvalue weighted by atomic mass is 10.2. The Kier molecular flexibility index (Phi) is 6.39. The van der Waals surface area contributed by atoms with Crippen LogP contribution in [0.25, 0.3) is 0 Å². The molecule has 0 saturated heterocycles. The van der Waals surface area contributed by atoms with Gasteiger partial charge in [-0.2, -0.15) is 0 Å². The van der Waals surface area contributed by atoms with Crippen molar-refractivity contribution in [2.75, 3.05) is 33.7 Å². The van der Waals surface area contributed by atoms with Gasteiger partial charge in [0, 0.05) is 20.1 Å². The Bertz CT molecular complexity index is 353. The molecule has 4 heteroatoms. The van der Waals surface area contributed by atoms with Crippen molar-refractivity contribution in [2.45, 2.75) is 13.0 Å². The minimum atomic E-state index is 0.141. The number of amides is 1. The van der Waals surface area contributed by atoms with Crippen LogP contribution in [0, 0.1) is 0 Å². The van der Waals surface area contributed by atoms with Crippen molar-refractivity contribution < 1.29 is 4.79 Å². The molecule has 0 aromatic heterocycles. The lowest BCUT2D eigenvalue weighted by Crippen LogP contribution is -2.37. The molecule has 0 heterocycles. The zero-order chi connectivity index (χ0) is 13.4. The first-order valence-electron chi connectivity index (χ1n) is 6.30. The van der Waals surface area contributed by atoms with E-state index in [1.807, 2.05) is 37.2 Å². The van der Waals surface area contributed by atoms with Gasteiger partial charge in [0.15, 0.2) is 0 Å². The Morgan fingerprint density at radius 3 is 2.50 bits per heavy atom. The molecule has 2 N–H and O–H groups in total. The summed E-state index contributed by atoms with van der Waals surface area (Å²) in [6.07, 6.45) is 0.852. The third-order valence-corrected chi connectivity index (χ3v) is 2.82. The van der Waals surface area contributed by atoms with E-state index in [1.54, 1.807) is 4.90 Å². The SMILES string of the molecule is CN(CC(=O)N(C)CCCN)Cc1ccccc1. The summed E-state index contributed by atoms with van der Waals surface area (Å²) in [4.78, 5) is 15.7. The maximum absolute atomic E-state index is 11.9. The molecule has 0 fully saturated rings. The Hall–Kier alpha value is -1.39. The Morgan fingerprint density at radius 1 is 1.22 bits per heavy atom. The molecule has 0 radical (unpaired) electrons. The predicted molar refractivity (Wildman–Crippen MR) is 74.1 cm³/mol. The van der Waals surface area contributed by atoms with Gasteiger partial charge >= 0.3 is 0 Å². The maximum Gasteiger partial charge on any atom is 0.236 e. The minimum absolute atomic E-state index is 0.141. The summed E-state index contributed by atoms with van der Waals surface area (Å²) in [5, 5.41) is 0. The van der Waals surface area contributed by atoms with Gasteiger partial charge in [0.05, 0.1) is 6.54 Å². The highest BCUT2D eigenvalue weighted by molar-refractivity contribution is 5.77. The van der Waals surface area contributed by atoms with Crippen molar-refractivity contribution in [2.24, 2.45) is 5.73 Å². The fourth-order valence-electron chi connectivity index (χ4n) is 1.76. The van der Waals surface area contributed by atoms with Gasteiger partial charge in [-0.05, 0) is 25.6 Å². The van der Waals surface area contributed by atoms with Gasteiger partial charge in [-0.15, -0.1) is 0 Å². The topological polar surface area (TPSA) is 49.6 Å². The number of rotatable bonds is 7. The van der Waals surface area contributed by atoms with Crippen molar-refractivity contribution in [3.8, 4) is 0 Å². The maximum atomic E-state index is 11.9. The first kappa shape index (κ1) is 14.7. The van der Waals surface area contributed by atoms with Gasteiger partial charge in [0.25, 0.3) is 0 Å². The van der Waals surface area contributed by atoms with E-state index in [4.69, 9.17) is 5.73 Å². The van der Waals surface area contributed by atoms with E-state index in [0.717, 1.165) is 19.5 Å². The second-order valence-electron chi connectivity index (χ2n) is 4.62. The van der Waals surface area contributed by atoms with Crippen LogP contribution in [0.5, 0.6) is 0 Å². The Balaban J connectivity index is 2.35. The highest BCUT2D eigenvalue weighted by atomic mass is 16.2. The third-order valence-electron chi connectivity index (χ3n) is 2.82. The van der Waals surface area contributed by atoms with Crippen LogP contribution in [0.2, 0.25) is 0 Å². The molecule has 0 saturated carbocycles. The van der Waals surface area contributed by atoms with Crippen molar-refractivity contribution in [3.63, 3.8) is 0 Å². The zero-order valence-electron chi connectivity index (χ0n) is 11.3. The summed E-state index contributed by atoms with van der Waals surface area (Å²) >= 11 is 0. The number of hydrogen-bond acceptors (Lipinski definition) is 3. The molecular weight excluding hydrogens is 226 g/mol. The highest BCUT2D eigenvalue weighted by Crippen LogP contribution is 2.02. The summed E-state index contributed by atoms with van der Waals surface area (Å²) in [6, 6.07) is 10.2. The van der Waals surface area contributed by atoms with Crippen LogP contribution in [-0.2, 0) is 11.3 Å². The quantitative estimate of drug-likeness (QED) is 0.782. The molecule has 1 aromatic rings. The second kappa shape index (κ2) is 7.84. The third kappa shape index (κ3) is 5.29. The molecule has 4 nitrogen and oxygen atoms in total. The van der Waals surface area contributed by atoms with E-state index in [0.29, 0.717) is 13.1 Å². The van der Waals surface area contributed by atoms with E-state index in [1.165, 1.54) is 5.56 Å². The molecule has 0 bridgehead atoms. The number of benzene rings is 1. The molecule has 0 aliphatic carbocycles. The van der Waals surface area contributed by atoms with Gasteiger partial charge < -0.3 is 10.6 Å². The predicted octanol–water partition coefficient (Wildman–Crippen LogP) is 0.926. The average molecular weight is 249 g/mol. The van der Waals surface area contributed by atoms with Gasteiger partial charge in [-0.3, -0.25) is 9.69 Å². The molecule has 1 rings (SSSR count). The monoisotopic (exact) mass is 249 g/mol. The lowest BCUT2D eigenvalue weighted by Gasteiger charge is -2.21. The summed E-state index contributed by atoms with van der Waals surface area (Å²) in [6.45, 7) is 2.58. The van der Waals surface area contributed by atoms with Gasteiger partial charge in [-0.1, -0.05) is 30.3 Å². The van der Waals surface area contributed by atoms with Crippen LogP contribution in [-0.4, -0.2) is 49.4 Å². The van der Waals surface area contributed by atoms with Crippen LogP contribution in [0.4, 0.5) is 0 Å². The summed E-state index contributed by atoms with van der Waals surface area (Å²) in [5.74, 6) is 0.141. The largest absolute Gasteiger partial charge is 0.345 e.